The molecule has 1 heterocycles. The van der Waals surface area contributed by atoms with Gasteiger partial charge in [-0.3, -0.25) is 9.59 Å². The van der Waals surface area contributed by atoms with Crippen LogP contribution in [0.3, 0.4) is 0 Å². The van der Waals surface area contributed by atoms with Gasteiger partial charge >= 0.3 is 0 Å². The third kappa shape index (κ3) is 4.39. The van der Waals surface area contributed by atoms with E-state index >= 15 is 0 Å². The molecule has 1 amide bonds. The second kappa shape index (κ2) is 8.34. The van der Waals surface area contributed by atoms with Gasteiger partial charge in [-0.2, -0.15) is 5.10 Å². The van der Waals surface area contributed by atoms with Crippen LogP contribution in [0.4, 0.5) is 14.5 Å². The lowest BCUT2D eigenvalue weighted by Crippen LogP contribution is -2.34. The standard InChI is InChI=1S/C22H21F2N3O2/c1-4-20(22(29)25-19-8-7-15(23)12-17(19)24)27-21(28)10-9-18(26-27)16-11-13(2)5-6-14(16)3/h5-12,20H,4H2,1-3H3,(H,25,29). The Morgan fingerprint density at radius 1 is 1.10 bits per heavy atom. The smallest absolute Gasteiger partial charge is 0.267 e. The van der Waals surface area contributed by atoms with Crippen LogP contribution in [0.5, 0.6) is 0 Å². The first kappa shape index (κ1) is 20.4. The van der Waals surface area contributed by atoms with E-state index in [0.29, 0.717) is 11.8 Å². The molecule has 0 aliphatic heterocycles. The topological polar surface area (TPSA) is 64.0 Å². The third-order valence-corrected chi connectivity index (χ3v) is 4.67. The maximum Gasteiger partial charge on any atom is 0.267 e. The lowest BCUT2D eigenvalue weighted by Gasteiger charge is -2.18. The number of aromatic nitrogens is 2. The molecule has 5 nitrogen and oxygen atoms in total. The number of nitrogens with zero attached hydrogens (tertiary/aromatic N) is 2. The zero-order chi connectivity index (χ0) is 21.1. The van der Waals surface area contributed by atoms with Crippen LogP contribution >= 0.6 is 0 Å². The number of anilines is 1. The summed E-state index contributed by atoms with van der Waals surface area (Å²) in [6, 6.07) is 10.8. The predicted molar refractivity (Wildman–Crippen MR) is 108 cm³/mol. The second-order valence-electron chi connectivity index (χ2n) is 6.86. The molecule has 0 bridgehead atoms. The first-order chi connectivity index (χ1) is 13.8. The molecule has 1 atom stereocenters. The normalized spacial score (nSPS) is 11.9. The van der Waals surface area contributed by atoms with Crippen molar-refractivity contribution in [3.05, 3.63) is 81.6 Å². The first-order valence-corrected chi connectivity index (χ1v) is 9.23. The number of hydrogen-bond donors (Lipinski definition) is 1. The number of rotatable bonds is 5. The first-order valence-electron chi connectivity index (χ1n) is 9.23. The number of carbonyl (C=O) groups excluding carboxylic acids is 1. The monoisotopic (exact) mass is 397 g/mol. The molecule has 0 aliphatic rings. The number of benzene rings is 2. The molecule has 3 aromatic rings. The summed E-state index contributed by atoms with van der Waals surface area (Å²) in [6.45, 7) is 5.62. The highest BCUT2D eigenvalue weighted by molar-refractivity contribution is 5.93. The van der Waals surface area contributed by atoms with E-state index in [0.717, 1.165) is 33.5 Å². The third-order valence-electron chi connectivity index (χ3n) is 4.67. The van der Waals surface area contributed by atoms with E-state index in [9.17, 15) is 18.4 Å². The fourth-order valence-electron chi connectivity index (χ4n) is 3.08. The summed E-state index contributed by atoms with van der Waals surface area (Å²) in [7, 11) is 0. The zero-order valence-corrected chi connectivity index (χ0v) is 16.4. The molecule has 0 spiro atoms. The molecular formula is C22H21F2N3O2. The van der Waals surface area contributed by atoms with Crippen molar-refractivity contribution in [2.24, 2.45) is 0 Å². The van der Waals surface area contributed by atoms with Crippen molar-refractivity contribution in [2.75, 3.05) is 5.32 Å². The van der Waals surface area contributed by atoms with Crippen LogP contribution in [-0.4, -0.2) is 15.7 Å². The van der Waals surface area contributed by atoms with Gasteiger partial charge in [0, 0.05) is 17.7 Å². The Morgan fingerprint density at radius 2 is 1.86 bits per heavy atom. The van der Waals surface area contributed by atoms with E-state index in [-0.39, 0.29) is 12.1 Å². The summed E-state index contributed by atoms with van der Waals surface area (Å²) in [6.07, 6.45) is 0.262. The molecule has 0 saturated carbocycles. The second-order valence-corrected chi connectivity index (χ2v) is 6.86. The van der Waals surface area contributed by atoms with E-state index in [1.807, 2.05) is 32.0 Å². The molecule has 150 valence electrons. The van der Waals surface area contributed by atoms with Crippen LogP contribution < -0.4 is 10.9 Å². The molecule has 2 aromatic carbocycles. The molecule has 1 aromatic heterocycles. The van der Waals surface area contributed by atoms with Gasteiger partial charge in [-0.15, -0.1) is 0 Å². The van der Waals surface area contributed by atoms with Crippen LogP contribution in [0, 0.1) is 25.5 Å². The van der Waals surface area contributed by atoms with Crippen molar-refractivity contribution in [1.82, 2.24) is 9.78 Å². The average molecular weight is 397 g/mol. The van der Waals surface area contributed by atoms with Crippen molar-refractivity contribution < 1.29 is 13.6 Å². The highest BCUT2D eigenvalue weighted by Gasteiger charge is 2.23. The number of hydrogen-bond acceptors (Lipinski definition) is 3. The summed E-state index contributed by atoms with van der Waals surface area (Å²) < 4.78 is 28.1. The van der Waals surface area contributed by atoms with E-state index in [4.69, 9.17) is 0 Å². The van der Waals surface area contributed by atoms with Gasteiger partial charge in [0.2, 0.25) is 5.91 Å². The number of aryl methyl sites for hydroxylation is 2. The maximum atomic E-state index is 13.9. The highest BCUT2D eigenvalue weighted by atomic mass is 19.1. The van der Waals surface area contributed by atoms with Crippen LogP contribution in [0.15, 0.2) is 53.3 Å². The molecule has 29 heavy (non-hydrogen) atoms. The quantitative estimate of drug-likeness (QED) is 0.694. The molecule has 1 unspecified atom stereocenters. The summed E-state index contributed by atoms with van der Waals surface area (Å²) in [4.78, 5) is 25.2. The molecular weight excluding hydrogens is 376 g/mol. The average Bonchev–Trinajstić information content (AvgIpc) is 2.68. The summed E-state index contributed by atoms with van der Waals surface area (Å²) >= 11 is 0. The van der Waals surface area contributed by atoms with Crippen LogP contribution in [0.25, 0.3) is 11.3 Å². The van der Waals surface area contributed by atoms with Gasteiger partial charge in [0.25, 0.3) is 5.56 Å². The lowest BCUT2D eigenvalue weighted by molar-refractivity contribution is -0.119. The minimum Gasteiger partial charge on any atom is -0.322 e. The molecule has 1 N–H and O–H groups in total. The highest BCUT2D eigenvalue weighted by Crippen LogP contribution is 2.23. The summed E-state index contributed by atoms with van der Waals surface area (Å²) in [5.41, 5.74) is 2.85. The molecule has 0 aliphatic carbocycles. The van der Waals surface area contributed by atoms with Crippen LogP contribution in [-0.2, 0) is 4.79 Å². The van der Waals surface area contributed by atoms with Gasteiger partial charge in [-0.25, -0.2) is 13.5 Å². The number of halogens is 2. The number of amides is 1. The Balaban J connectivity index is 1.97. The Labute approximate surface area is 167 Å². The van der Waals surface area contributed by atoms with Gasteiger partial charge in [0.15, 0.2) is 0 Å². The molecule has 3 rings (SSSR count). The largest absolute Gasteiger partial charge is 0.322 e. The predicted octanol–water partition coefficient (Wildman–Crippen LogP) is 4.40. The Morgan fingerprint density at radius 3 is 2.55 bits per heavy atom. The molecule has 0 radical (unpaired) electrons. The molecule has 7 heteroatoms. The van der Waals surface area contributed by atoms with Crippen LogP contribution in [0.1, 0.15) is 30.5 Å². The Hall–Kier alpha value is -3.35. The van der Waals surface area contributed by atoms with Gasteiger partial charge in [0.05, 0.1) is 11.4 Å². The SMILES string of the molecule is CCC(C(=O)Nc1ccc(F)cc1F)n1nc(-c2cc(C)ccc2C)ccc1=O. The van der Waals surface area contributed by atoms with Gasteiger partial charge in [-0.05, 0) is 50.1 Å². The minimum atomic E-state index is -0.947. The van der Waals surface area contributed by atoms with E-state index in [1.54, 1.807) is 13.0 Å². The number of nitrogens with one attached hydrogen (secondary N) is 1. The van der Waals surface area contributed by atoms with Crippen molar-refractivity contribution in [2.45, 2.75) is 33.2 Å². The van der Waals surface area contributed by atoms with Crippen molar-refractivity contribution >= 4 is 11.6 Å². The molecule has 0 saturated heterocycles. The fraction of sp³-hybridized carbons (Fsp3) is 0.227. The van der Waals surface area contributed by atoms with Gasteiger partial charge in [-0.1, -0.05) is 24.6 Å². The maximum absolute atomic E-state index is 13.9. The fourth-order valence-corrected chi connectivity index (χ4v) is 3.08. The zero-order valence-electron chi connectivity index (χ0n) is 16.4. The van der Waals surface area contributed by atoms with E-state index < -0.39 is 29.1 Å². The van der Waals surface area contributed by atoms with E-state index in [2.05, 4.69) is 10.4 Å². The van der Waals surface area contributed by atoms with Crippen LogP contribution in [0.2, 0.25) is 0 Å². The van der Waals surface area contributed by atoms with E-state index in [1.165, 1.54) is 6.07 Å². The van der Waals surface area contributed by atoms with Gasteiger partial charge in [0.1, 0.15) is 17.7 Å². The Kier molecular flexibility index (Phi) is 5.87. The Bertz CT molecular complexity index is 1130. The number of carbonyl (C=O) groups is 1. The van der Waals surface area contributed by atoms with Crippen molar-refractivity contribution in [1.29, 1.82) is 0 Å². The van der Waals surface area contributed by atoms with Crippen molar-refractivity contribution in [3.8, 4) is 11.3 Å². The lowest BCUT2D eigenvalue weighted by atomic mass is 10.0. The van der Waals surface area contributed by atoms with Gasteiger partial charge < -0.3 is 5.32 Å². The summed E-state index contributed by atoms with van der Waals surface area (Å²) in [5.74, 6) is -2.24. The van der Waals surface area contributed by atoms with Crippen molar-refractivity contribution in [3.63, 3.8) is 0 Å². The minimum absolute atomic E-state index is 0.159. The molecule has 0 fully saturated rings. The summed E-state index contributed by atoms with van der Waals surface area (Å²) in [5, 5.41) is 6.82.